The predicted octanol–water partition coefficient (Wildman–Crippen LogP) is 4.21. The number of amides is 1. The van der Waals surface area contributed by atoms with Crippen LogP contribution in [0, 0.1) is 25.7 Å². The maximum atomic E-state index is 13.6. The highest BCUT2D eigenvalue weighted by Gasteiger charge is 2.37. The molecule has 0 spiro atoms. The largest absolute Gasteiger partial charge is 0.464 e. The van der Waals surface area contributed by atoms with E-state index in [2.05, 4.69) is 0 Å². The van der Waals surface area contributed by atoms with Crippen LogP contribution in [0.2, 0.25) is 0 Å². The van der Waals surface area contributed by atoms with E-state index in [1.54, 1.807) is 18.5 Å². The smallest absolute Gasteiger partial charge is 0.354 e. The Morgan fingerprint density at radius 2 is 1.70 bits per heavy atom. The van der Waals surface area contributed by atoms with Gasteiger partial charge in [-0.1, -0.05) is 25.7 Å². The second kappa shape index (κ2) is 9.36. The van der Waals surface area contributed by atoms with Crippen LogP contribution in [0.4, 0.5) is 0 Å². The molecule has 6 heteroatoms. The lowest BCUT2D eigenvalue weighted by molar-refractivity contribution is -0.140. The van der Waals surface area contributed by atoms with Crippen molar-refractivity contribution in [2.75, 3.05) is 13.7 Å². The summed E-state index contributed by atoms with van der Waals surface area (Å²) in [5.74, 6) is 0.134. The van der Waals surface area contributed by atoms with Gasteiger partial charge in [-0.3, -0.25) is 9.59 Å². The van der Waals surface area contributed by atoms with Crippen molar-refractivity contribution in [3.8, 4) is 0 Å². The second-order valence-corrected chi connectivity index (χ2v) is 9.15. The molecule has 2 saturated carbocycles. The Hall–Kier alpha value is -2.11. The van der Waals surface area contributed by atoms with Crippen molar-refractivity contribution in [1.29, 1.82) is 0 Å². The molecule has 2 fully saturated rings. The predicted molar refractivity (Wildman–Crippen MR) is 116 cm³/mol. The Morgan fingerprint density at radius 1 is 1.07 bits per heavy atom. The van der Waals surface area contributed by atoms with Crippen molar-refractivity contribution in [3.05, 3.63) is 22.5 Å². The molecule has 1 aromatic heterocycles. The van der Waals surface area contributed by atoms with E-state index in [1.165, 1.54) is 26.4 Å². The van der Waals surface area contributed by atoms with E-state index in [0.29, 0.717) is 29.3 Å². The number of aromatic nitrogens is 1. The maximum absolute atomic E-state index is 13.6. The van der Waals surface area contributed by atoms with Gasteiger partial charge in [-0.25, -0.2) is 4.79 Å². The van der Waals surface area contributed by atoms with E-state index < -0.39 is 12.0 Å². The van der Waals surface area contributed by atoms with Gasteiger partial charge in [0.15, 0.2) is 5.78 Å². The van der Waals surface area contributed by atoms with E-state index in [1.807, 2.05) is 18.7 Å². The van der Waals surface area contributed by atoms with Crippen LogP contribution in [0.3, 0.4) is 0 Å². The summed E-state index contributed by atoms with van der Waals surface area (Å²) in [6, 6.07) is -0.537. The van der Waals surface area contributed by atoms with Crippen LogP contribution >= 0.6 is 0 Å². The van der Waals surface area contributed by atoms with Crippen LogP contribution < -0.4 is 0 Å². The van der Waals surface area contributed by atoms with Crippen molar-refractivity contribution < 1.29 is 19.1 Å². The van der Waals surface area contributed by atoms with Gasteiger partial charge in [-0.2, -0.15) is 0 Å². The van der Waals surface area contributed by atoms with E-state index in [0.717, 1.165) is 37.8 Å². The Morgan fingerprint density at radius 3 is 2.23 bits per heavy atom. The summed E-state index contributed by atoms with van der Waals surface area (Å²) in [6.45, 7) is 6.15. The number of carbonyl (C=O) groups is 3. The Kier molecular flexibility index (Phi) is 7.04. The average Bonchev–Trinajstić information content (AvgIpc) is 2.92. The molecule has 0 bridgehead atoms. The summed E-state index contributed by atoms with van der Waals surface area (Å²) >= 11 is 0. The molecule has 30 heavy (non-hydrogen) atoms. The SMILES string of the molecule is COC(=O)c1c(C)c(C(=O)C(C)N(CC2CCCCC2)C(=O)C2CCC2)c(C)n1C. The molecule has 1 atom stereocenters. The fraction of sp³-hybridized carbons (Fsp3) is 0.708. The van der Waals surface area contributed by atoms with Crippen molar-refractivity contribution in [2.24, 2.45) is 18.9 Å². The molecule has 0 N–H and O–H groups in total. The first-order valence-electron chi connectivity index (χ1n) is 11.4. The summed E-state index contributed by atoms with van der Waals surface area (Å²) in [4.78, 5) is 41.0. The highest BCUT2D eigenvalue weighted by molar-refractivity contribution is 6.06. The van der Waals surface area contributed by atoms with Gasteiger partial charge in [0, 0.05) is 30.8 Å². The molecule has 0 radical (unpaired) electrons. The summed E-state index contributed by atoms with van der Waals surface area (Å²) < 4.78 is 6.63. The molecular formula is C24H36N2O4. The van der Waals surface area contributed by atoms with Crippen LogP contribution in [-0.4, -0.2) is 46.8 Å². The molecule has 1 aromatic rings. The molecule has 3 rings (SSSR count). The van der Waals surface area contributed by atoms with Crippen LogP contribution in [-0.2, 0) is 16.6 Å². The van der Waals surface area contributed by atoms with Gasteiger partial charge in [0.1, 0.15) is 5.69 Å². The molecule has 0 aliphatic heterocycles. The van der Waals surface area contributed by atoms with Gasteiger partial charge >= 0.3 is 5.97 Å². The van der Waals surface area contributed by atoms with E-state index in [9.17, 15) is 14.4 Å². The summed E-state index contributed by atoms with van der Waals surface area (Å²) in [5, 5.41) is 0. The lowest BCUT2D eigenvalue weighted by Crippen LogP contribution is -2.49. The minimum absolute atomic E-state index is 0.0624. The third-order valence-electron chi connectivity index (χ3n) is 7.32. The zero-order valence-corrected chi connectivity index (χ0v) is 19.1. The van der Waals surface area contributed by atoms with Gasteiger partial charge in [0.2, 0.25) is 5.91 Å². The zero-order chi connectivity index (χ0) is 22.0. The number of hydrogen-bond donors (Lipinski definition) is 0. The molecule has 0 aromatic carbocycles. The number of esters is 1. The summed E-state index contributed by atoms with van der Waals surface area (Å²) in [5.41, 5.74) is 2.31. The van der Waals surface area contributed by atoms with Crippen molar-refractivity contribution in [3.63, 3.8) is 0 Å². The Labute approximate surface area is 179 Å². The van der Waals surface area contributed by atoms with Crippen LogP contribution in [0.25, 0.3) is 0 Å². The molecule has 2 aliphatic rings. The highest BCUT2D eigenvalue weighted by Crippen LogP contribution is 2.32. The normalized spacial score (nSPS) is 18.6. The highest BCUT2D eigenvalue weighted by atomic mass is 16.5. The number of rotatable bonds is 7. The van der Waals surface area contributed by atoms with Gasteiger partial charge in [-0.15, -0.1) is 0 Å². The lowest BCUT2D eigenvalue weighted by atomic mass is 9.82. The number of nitrogens with zero attached hydrogens (tertiary/aromatic N) is 2. The molecule has 1 amide bonds. The third kappa shape index (κ3) is 4.19. The number of methoxy groups -OCH3 is 1. The number of Topliss-reactive ketones (excluding diaryl/α,β-unsaturated/α-hetero) is 1. The Bertz CT molecular complexity index is 816. The van der Waals surface area contributed by atoms with E-state index in [4.69, 9.17) is 4.74 Å². The fourth-order valence-corrected chi connectivity index (χ4v) is 5.05. The average molecular weight is 417 g/mol. The van der Waals surface area contributed by atoms with Gasteiger partial charge in [0.25, 0.3) is 0 Å². The van der Waals surface area contributed by atoms with Crippen molar-refractivity contribution in [1.82, 2.24) is 9.47 Å². The van der Waals surface area contributed by atoms with Gasteiger partial charge in [-0.05, 0) is 57.9 Å². The molecule has 1 heterocycles. The first-order valence-corrected chi connectivity index (χ1v) is 11.4. The monoisotopic (exact) mass is 416 g/mol. The van der Waals surface area contributed by atoms with Crippen molar-refractivity contribution >= 4 is 17.7 Å². The molecule has 0 saturated heterocycles. The number of carbonyl (C=O) groups excluding carboxylic acids is 3. The van der Waals surface area contributed by atoms with Crippen LogP contribution in [0.5, 0.6) is 0 Å². The molecule has 6 nitrogen and oxygen atoms in total. The van der Waals surface area contributed by atoms with E-state index in [-0.39, 0.29) is 17.6 Å². The molecule has 166 valence electrons. The number of hydrogen-bond acceptors (Lipinski definition) is 4. The number of ether oxygens (including phenoxy) is 1. The zero-order valence-electron chi connectivity index (χ0n) is 19.1. The molecular weight excluding hydrogens is 380 g/mol. The van der Waals surface area contributed by atoms with Gasteiger partial charge < -0.3 is 14.2 Å². The minimum atomic E-state index is -0.537. The first-order chi connectivity index (χ1) is 14.3. The first kappa shape index (κ1) is 22.6. The second-order valence-electron chi connectivity index (χ2n) is 9.15. The topological polar surface area (TPSA) is 68.6 Å². The summed E-state index contributed by atoms with van der Waals surface area (Å²) in [6.07, 6.45) is 8.88. The van der Waals surface area contributed by atoms with Gasteiger partial charge in [0.05, 0.1) is 13.2 Å². The summed E-state index contributed by atoms with van der Waals surface area (Å²) in [7, 11) is 3.12. The van der Waals surface area contributed by atoms with E-state index >= 15 is 0 Å². The molecule has 1 unspecified atom stereocenters. The Balaban J connectivity index is 1.89. The standard InChI is InChI=1S/C24H36N2O4/c1-15-20(16(2)25(4)21(15)24(29)30-5)22(27)17(3)26(23(28)19-12-9-13-19)14-18-10-7-6-8-11-18/h17-19H,6-14H2,1-5H3. The lowest BCUT2D eigenvalue weighted by Gasteiger charge is -2.38. The quantitative estimate of drug-likeness (QED) is 0.493. The fourth-order valence-electron chi connectivity index (χ4n) is 5.05. The number of ketones is 1. The van der Waals surface area contributed by atoms with Crippen molar-refractivity contribution in [2.45, 2.75) is 78.2 Å². The van der Waals surface area contributed by atoms with Crippen LogP contribution in [0.1, 0.15) is 90.4 Å². The third-order valence-corrected chi connectivity index (χ3v) is 7.32. The molecule has 2 aliphatic carbocycles. The minimum Gasteiger partial charge on any atom is -0.464 e. The maximum Gasteiger partial charge on any atom is 0.354 e. The van der Waals surface area contributed by atoms with Crippen LogP contribution in [0.15, 0.2) is 0 Å².